The van der Waals surface area contributed by atoms with Gasteiger partial charge in [-0.1, -0.05) is 35.9 Å². The number of piperidine rings is 1. The van der Waals surface area contributed by atoms with E-state index in [1.54, 1.807) is 17.9 Å². The van der Waals surface area contributed by atoms with Gasteiger partial charge in [0.1, 0.15) is 6.61 Å². The summed E-state index contributed by atoms with van der Waals surface area (Å²) in [7, 11) is 0. The third kappa shape index (κ3) is 5.13. The van der Waals surface area contributed by atoms with Gasteiger partial charge < -0.3 is 14.4 Å². The van der Waals surface area contributed by atoms with E-state index in [9.17, 15) is 9.59 Å². The smallest absolute Gasteiger partial charge is 0.410 e. The van der Waals surface area contributed by atoms with E-state index < -0.39 is 0 Å². The Balaban J connectivity index is 1.85. The van der Waals surface area contributed by atoms with Gasteiger partial charge in [-0.3, -0.25) is 0 Å². The molecule has 2 rings (SSSR count). The SMILES string of the molecule is CCOC(=O)/C=C1\CCN(C(=O)OCc2ccccc2)C(C)C1. The number of carbonyl (C=O) groups excluding carboxylic acids is 2. The van der Waals surface area contributed by atoms with E-state index in [1.807, 2.05) is 37.3 Å². The molecule has 5 heteroatoms. The summed E-state index contributed by atoms with van der Waals surface area (Å²) in [6.07, 6.45) is 2.58. The molecule has 1 aromatic carbocycles. The monoisotopic (exact) mass is 317 g/mol. The van der Waals surface area contributed by atoms with E-state index in [4.69, 9.17) is 9.47 Å². The summed E-state index contributed by atoms with van der Waals surface area (Å²) >= 11 is 0. The Labute approximate surface area is 136 Å². The number of carbonyl (C=O) groups is 2. The molecule has 0 saturated carbocycles. The zero-order valence-corrected chi connectivity index (χ0v) is 13.7. The molecule has 0 aliphatic carbocycles. The molecular formula is C18H23NO4. The largest absolute Gasteiger partial charge is 0.463 e. The van der Waals surface area contributed by atoms with Crippen molar-refractivity contribution in [2.45, 2.75) is 39.3 Å². The molecule has 0 bridgehead atoms. The first-order valence-corrected chi connectivity index (χ1v) is 7.93. The number of likely N-dealkylation sites (tertiary alicyclic amines) is 1. The molecule has 1 aliphatic heterocycles. The maximum absolute atomic E-state index is 12.2. The molecule has 5 nitrogen and oxygen atoms in total. The van der Waals surface area contributed by atoms with Crippen LogP contribution in [0.4, 0.5) is 4.79 Å². The van der Waals surface area contributed by atoms with Gasteiger partial charge in [0, 0.05) is 18.7 Å². The van der Waals surface area contributed by atoms with Gasteiger partial charge in [0.15, 0.2) is 0 Å². The summed E-state index contributed by atoms with van der Waals surface area (Å²) in [5, 5.41) is 0. The third-order valence-electron chi connectivity index (χ3n) is 3.81. The van der Waals surface area contributed by atoms with E-state index in [-0.39, 0.29) is 24.7 Å². The number of benzene rings is 1. The fourth-order valence-corrected chi connectivity index (χ4v) is 2.63. The summed E-state index contributed by atoms with van der Waals surface area (Å²) < 4.78 is 10.3. The molecule has 0 spiro atoms. The van der Waals surface area contributed by atoms with E-state index in [1.165, 1.54) is 0 Å². The van der Waals surface area contributed by atoms with Crippen molar-refractivity contribution in [1.29, 1.82) is 0 Å². The lowest BCUT2D eigenvalue weighted by molar-refractivity contribution is -0.137. The first-order valence-electron chi connectivity index (χ1n) is 7.93. The number of hydrogen-bond acceptors (Lipinski definition) is 4. The van der Waals surface area contributed by atoms with Crippen LogP contribution in [0.25, 0.3) is 0 Å². The molecule has 1 fully saturated rings. The highest BCUT2D eigenvalue weighted by Crippen LogP contribution is 2.23. The Morgan fingerprint density at radius 1 is 1.26 bits per heavy atom. The second-order valence-corrected chi connectivity index (χ2v) is 5.59. The highest BCUT2D eigenvalue weighted by atomic mass is 16.6. The molecule has 23 heavy (non-hydrogen) atoms. The van der Waals surface area contributed by atoms with Gasteiger partial charge in [-0.25, -0.2) is 9.59 Å². The number of esters is 1. The van der Waals surface area contributed by atoms with Crippen LogP contribution in [-0.4, -0.2) is 36.2 Å². The molecule has 1 atom stereocenters. The van der Waals surface area contributed by atoms with Crippen molar-refractivity contribution in [3.8, 4) is 0 Å². The second kappa shape index (κ2) is 8.36. The van der Waals surface area contributed by atoms with E-state index in [0.29, 0.717) is 26.0 Å². The number of hydrogen-bond donors (Lipinski definition) is 0. The lowest BCUT2D eigenvalue weighted by atomic mass is 9.98. The van der Waals surface area contributed by atoms with Gasteiger partial charge >= 0.3 is 12.1 Å². The Hall–Kier alpha value is -2.30. The Morgan fingerprint density at radius 3 is 2.65 bits per heavy atom. The molecule has 1 unspecified atom stereocenters. The van der Waals surface area contributed by atoms with Gasteiger partial charge in [-0.2, -0.15) is 0 Å². The lowest BCUT2D eigenvalue weighted by Gasteiger charge is -2.33. The van der Waals surface area contributed by atoms with E-state index >= 15 is 0 Å². The van der Waals surface area contributed by atoms with Crippen molar-refractivity contribution in [2.75, 3.05) is 13.2 Å². The van der Waals surface area contributed by atoms with Crippen LogP contribution in [0.15, 0.2) is 42.0 Å². The number of amides is 1. The standard InChI is InChI=1S/C18H23NO4/c1-3-22-17(20)12-16-9-10-19(14(2)11-16)18(21)23-13-15-7-5-4-6-8-15/h4-8,12,14H,3,9-11,13H2,1-2H3/b16-12+. The van der Waals surface area contributed by atoms with Gasteiger partial charge in [0.25, 0.3) is 0 Å². The summed E-state index contributed by atoms with van der Waals surface area (Å²) in [4.78, 5) is 25.4. The Morgan fingerprint density at radius 2 is 2.00 bits per heavy atom. The third-order valence-corrected chi connectivity index (χ3v) is 3.81. The summed E-state index contributed by atoms with van der Waals surface area (Å²) in [5.74, 6) is -0.310. The van der Waals surface area contributed by atoms with Crippen LogP contribution < -0.4 is 0 Å². The maximum atomic E-state index is 12.2. The van der Waals surface area contributed by atoms with Crippen molar-refractivity contribution >= 4 is 12.1 Å². The Kier molecular flexibility index (Phi) is 6.20. The van der Waals surface area contributed by atoms with Crippen molar-refractivity contribution in [3.05, 3.63) is 47.5 Å². The topological polar surface area (TPSA) is 55.8 Å². The summed E-state index contributed by atoms with van der Waals surface area (Å²) in [6, 6.07) is 9.61. The van der Waals surface area contributed by atoms with Gasteiger partial charge in [0.2, 0.25) is 0 Å². The molecule has 1 saturated heterocycles. The molecule has 1 aliphatic rings. The number of rotatable bonds is 4. The highest BCUT2D eigenvalue weighted by Gasteiger charge is 2.27. The average Bonchev–Trinajstić information content (AvgIpc) is 2.54. The average molecular weight is 317 g/mol. The van der Waals surface area contributed by atoms with Crippen LogP contribution in [0.1, 0.15) is 32.3 Å². The number of ether oxygens (including phenoxy) is 2. The van der Waals surface area contributed by atoms with Crippen LogP contribution in [0, 0.1) is 0 Å². The quantitative estimate of drug-likeness (QED) is 0.631. The molecular weight excluding hydrogens is 294 g/mol. The first-order chi connectivity index (χ1) is 11.1. The number of nitrogens with zero attached hydrogens (tertiary/aromatic N) is 1. The molecule has 1 aromatic rings. The van der Waals surface area contributed by atoms with Crippen molar-refractivity contribution < 1.29 is 19.1 Å². The minimum atomic E-state index is -0.310. The maximum Gasteiger partial charge on any atom is 0.410 e. The van der Waals surface area contributed by atoms with Crippen LogP contribution in [0.2, 0.25) is 0 Å². The molecule has 1 amide bonds. The second-order valence-electron chi connectivity index (χ2n) is 5.59. The predicted molar refractivity (Wildman–Crippen MR) is 86.7 cm³/mol. The zero-order valence-electron chi connectivity index (χ0n) is 13.7. The van der Waals surface area contributed by atoms with Gasteiger partial charge in [-0.15, -0.1) is 0 Å². The highest BCUT2D eigenvalue weighted by molar-refractivity contribution is 5.83. The van der Waals surface area contributed by atoms with Crippen molar-refractivity contribution in [3.63, 3.8) is 0 Å². The lowest BCUT2D eigenvalue weighted by Crippen LogP contribution is -2.43. The molecule has 0 aromatic heterocycles. The van der Waals surface area contributed by atoms with Crippen LogP contribution in [0.5, 0.6) is 0 Å². The minimum absolute atomic E-state index is 0.00713. The first kappa shape index (κ1) is 17.1. The van der Waals surface area contributed by atoms with Gasteiger partial charge in [0.05, 0.1) is 6.61 Å². The summed E-state index contributed by atoms with van der Waals surface area (Å²) in [6.45, 7) is 4.94. The fourth-order valence-electron chi connectivity index (χ4n) is 2.63. The molecule has 0 N–H and O–H groups in total. The van der Waals surface area contributed by atoms with Gasteiger partial charge in [-0.05, 0) is 32.3 Å². The van der Waals surface area contributed by atoms with Crippen LogP contribution >= 0.6 is 0 Å². The fraction of sp³-hybridized carbons (Fsp3) is 0.444. The van der Waals surface area contributed by atoms with Crippen molar-refractivity contribution in [2.24, 2.45) is 0 Å². The van der Waals surface area contributed by atoms with Crippen LogP contribution in [-0.2, 0) is 20.9 Å². The molecule has 0 radical (unpaired) electrons. The molecule has 124 valence electrons. The van der Waals surface area contributed by atoms with E-state index in [0.717, 1.165) is 11.1 Å². The van der Waals surface area contributed by atoms with Crippen LogP contribution in [0.3, 0.4) is 0 Å². The zero-order chi connectivity index (χ0) is 16.7. The minimum Gasteiger partial charge on any atom is -0.463 e. The molecule has 1 heterocycles. The summed E-state index contributed by atoms with van der Waals surface area (Å²) in [5.41, 5.74) is 1.98. The Bertz CT molecular complexity index is 568. The predicted octanol–water partition coefficient (Wildman–Crippen LogP) is 3.30. The van der Waals surface area contributed by atoms with E-state index in [2.05, 4.69) is 0 Å². The normalized spacial score (nSPS) is 19.5. The van der Waals surface area contributed by atoms with Crippen molar-refractivity contribution in [1.82, 2.24) is 4.90 Å².